The van der Waals surface area contributed by atoms with Crippen molar-refractivity contribution in [3.63, 3.8) is 0 Å². The van der Waals surface area contributed by atoms with E-state index in [9.17, 15) is 0 Å². The van der Waals surface area contributed by atoms with Crippen molar-refractivity contribution in [2.24, 2.45) is 11.8 Å². The van der Waals surface area contributed by atoms with E-state index in [1.165, 1.54) is 25.7 Å². The zero-order valence-electron chi connectivity index (χ0n) is 12.5. The molecule has 0 aliphatic heterocycles. The number of likely N-dealkylation sites (N-methyl/N-ethyl adjacent to an activating group) is 1. The van der Waals surface area contributed by atoms with Crippen LogP contribution in [-0.4, -0.2) is 44.3 Å². The van der Waals surface area contributed by atoms with E-state index in [4.69, 9.17) is 10.6 Å². The van der Waals surface area contributed by atoms with Crippen molar-refractivity contribution >= 4 is 0 Å². The molecule has 108 valence electrons. The average molecular weight is 257 g/mol. The maximum atomic E-state index is 5.84. The van der Waals surface area contributed by atoms with Gasteiger partial charge in [-0.2, -0.15) is 0 Å². The molecule has 3 unspecified atom stereocenters. The third-order valence-electron chi connectivity index (χ3n) is 4.59. The highest BCUT2D eigenvalue weighted by Crippen LogP contribution is 2.39. The molecule has 18 heavy (non-hydrogen) atoms. The summed E-state index contributed by atoms with van der Waals surface area (Å²) in [6, 6.07) is 0.352. The van der Waals surface area contributed by atoms with Crippen LogP contribution >= 0.6 is 0 Å². The number of hydrazine groups is 1. The molecule has 0 heterocycles. The molecule has 3 atom stereocenters. The minimum absolute atomic E-state index is 0.208. The van der Waals surface area contributed by atoms with Gasteiger partial charge in [0.2, 0.25) is 0 Å². The summed E-state index contributed by atoms with van der Waals surface area (Å²) >= 11 is 0. The topological polar surface area (TPSA) is 50.5 Å². The van der Waals surface area contributed by atoms with Gasteiger partial charge in [-0.05, 0) is 45.7 Å². The predicted molar refractivity (Wildman–Crippen MR) is 76.3 cm³/mol. The number of nitrogens with two attached hydrogens (primary N) is 1. The summed E-state index contributed by atoms with van der Waals surface area (Å²) in [5, 5.41) is 0. The molecule has 3 N–H and O–H groups in total. The highest BCUT2D eigenvalue weighted by molar-refractivity contribution is 5.01. The molecule has 4 heteroatoms. The summed E-state index contributed by atoms with van der Waals surface area (Å²) < 4.78 is 5.16. The standard InChI is InChI=1S/C14H31N3O/c1-12-7-5-9-14(11-12,17(2)3)13(16-15)8-6-10-18-4/h12-13,16H,5-11,15H2,1-4H3. The first-order valence-corrected chi connectivity index (χ1v) is 7.19. The second-order valence-corrected chi connectivity index (χ2v) is 6.05. The highest BCUT2D eigenvalue weighted by atomic mass is 16.5. The van der Waals surface area contributed by atoms with Gasteiger partial charge in [-0.1, -0.05) is 19.8 Å². The molecule has 1 fully saturated rings. The summed E-state index contributed by atoms with van der Waals surface area (Å²) in [6.45, 7) is 3.18. The Labute approximate surface area is 112 Å². The molecule has 0 radical (unpaired) electrons. The molecule has 1 aliphatic rings. The Balaban J connectivity index is 2.73. The Morgan fingerprint density at radius 3 is 2.72 bits per heavy atom. The fourth-order valence-corrected chi connectivity index (χ4v) is 3.54. The fraction of sp³-hybridized carbons (Fsp3) is 1.00. The van der Waals surface area contributed by atoms with Gasteiger partial charge in [0.25, 0.3) is 0 Å². The summed E-state index contributed by atoms with van der Waals surface area (Å²) in [4.78, 5) is 2.39. The van der Waals surface area contributed by atoms with Gasteiger partial charge < -0.3 is 9.64 Å². The molecule has 1 rings (SSSR count). The first-order chi connectivity index (χ1) is 8.56. The maximum Gasteiger partial charge on any atom is 0.0462 e. The van der Waals surface area contributed by atoms with Crippen LogP contribution in [0.5, 0.6) is 0 Å². The van der Waals surface area contributed by atoms with Crippen molar-refractivity contribution in [2.45, 2.75) is 57.0 Å². The van der Waals surface area contributed by atoms with E-state index < -0.39 is 0 Å². The van der Waals surface area contributed by atoms with Gasteiger partial charge >= 0.3 is 0 Å². The van der Waals surface area contributed by atoms with Gasteiger partial charge in [0, 0.05) is 25.3 Å². The zero-order chi connectivity index (χ0) is 13.6. The van der Waals surface area contributed by atoms with Crippen LogP contribution in [-0.2, 0) is 4.74 Å². The molecule has 0 aromatic carbocycles. The Kier molecular flexibility index (Phi) is 6.57. The number of hydrogen-bond acceptors (Lipinski definition) is 4. The van der Waals surface area contributed by atoms with Crippen molar-refractivity contribution in [3.8, 4) is 0 Å². The summed E-state index contributed by atoms with van der Waals surface area (Å²) in [5.41, 5.74) is 3.28. The second-order valence-electron chi connectivity index (χ2n) is 6.05. The summed E-state index contributed by atoms with van der Waals surface area (Å²) in [6.07, 6.45) is 7.28. The number of rotatable bonds is 7. The van der Waals surface area contributed by atoms with Crippen molar-refractivity contribution in [3.05, 3.63) is 0 Å². The summed E-state index contributed by atoms with van der Waals surface area (Å²) in [7, 11) is 6.15. The van der Waals surface area contributed by atoms with Gasteiger partial charge in [0.05, 0.1) is 0 Å². The third kappa shape index (κ3) is 3.67. The van der Waals surface area contributed by atoms with E-state index in [1.807, 2.05) is 0 Å². The average Bonchev–Trinajstić information content (AvgIpc) is 2.34. The van der Waals surface area contributed by atoms with Crippen LogP contribution in [0.15, 0.2) is 0 Å². The number of methoxy groups -OCH3 is 1. The normalized spacial score (nSPS) is 30.7. The number of ether oxygens (including phenoxy) is 1. The third-order valence-corrected chi connectivity index (χ3v) is 4.59. The SMILES string of the molecule is COCCCC(NN)C1(N(C)C)CCCC(C)C1. The molecule has 0 amide bonds. The molecular formula is C14H31N3O. The van der Waals surface area contributed by atoms with Gasteiger partial charge in [0.15, 0.2) is 0 Å². The molecule has 0 aromatic heterocycles. The number of nitrogens with one attached hydrogen (secondary N) is 1. The number of hydrogen-bond donors (Lipinski definition) is 2. The Morgan fingerprint density at radius 2 is 2.22 bits per heavy atom. The predicted octanol–water partition coefficient (Wildman–Crippen LogP) is 1.76. The van der Waals surface area contributed by atoms with Crippen molar-refractivity contribution < 1.29 is 4.74 Å². The van der Waals surface area contributed by atoms with Crippen LogP contribution in [0, 0.1) is 5.92 Å². The van der Waals surface area contributed by atoms with E-state index >= 15 is 0 Å². The van der Waals surface area contributed by atoms with E-state index in [1.54, 1.807) is 7.11 Å². The van der Waals surface area contributed by atoms with E-state index in [-0.39, 0.29) is 5.54 Å². The minimum Gasteiger partial charge on any atom is -0.385 e. The Morgan fingerprint density at radius 1 is 1.50 bits per heavy atom. The van der Waals surface area contributed by atoms with Gasteiger partial charge in [-0.25, -0.2) is 0 Å². The van der Waals surface area contributed by atoms with Crippen molar-refractivity contribution in [1.29, 1.82) is 0 Å². The van der Waals surface area contributed by atoms with Gasteiger partial charge in [-0.3, -0.25) is 11.3 Å². The van der Waals surface area contributed by atoms with Crippen LogP contribution in [0.2, 0.25) is 0 Å². The van der Waals surface area contributed by atoms with Crippen molar-refractivity contribution in [2.75, 3.05) is 27.8 Å². The van der Waals surface area contributed by atoms with Crippen LogP contribution in [0.4, 0.5) is 0 Å². The smallest absolute Gasteiger partial charge is 0.0462 e. The summed E-state index contributed by atoms with van der Waals surface area (Å²) in [5.74, 6) is 6.63. The lowest BCUT2D eigenvalue weighted by atomic mass is 9.70. The molecule has 1 aliphatic carbocycles. The van der Waals surface area contributed by atoms with Crippen LogP contribution in [0.3, 0.4) is 0 Å². The van der Waals surface area contributed by atoms with Crippen molar-refractivity contribution in [1.82, 2.24) is 10.3 Å². The molecule has 1 saturated carbocycles. The molecule has 0 saturated heterocycles. The second kappa shape index (κ2) is 7.43. The lowest BCUT2D eigenvalue weighted by Crippen LogP contribution is -2.62. The molecule has 0 aromatic rings. The van der Waals surface area contributed by atoms with Gasteiger partial charge in [0.1, 0.15) is 0 Å². The molecule has 0 spiro atoms. The first kappa shape index (κ1) is 15.9. The molecule has 4 nitrogen and oxygen atoms in total. The van der Waals surface area contributed by atoms with E-state index in [2.05, 4.69) is 31.3 Å². The number of nitrogens with zero attached hydrogens (tertiary/aromatic N) is 1. The fourth-order valence-electron chi connectivity index (χ4n) is 3.54. The Bertz CT molecular complexity index is 235. The Hall–Kier alpha value is -0.160. The lowest BCUT2D eigenvalue weighted by Gasteiger charge is -2.50. The zero-order valence-corrected chi connectivity index (χ0v) is 12.5. The monoisotopic (exact) mass is 257 g/mol. The van der Waals surface area contributed by atoms with Crippen LogP contribution in [0.1, 0.15) is 45.4 Å². The van der Waals surface area contributed by atoms with Crippen LogP contribution in [0.25, 0.3) is 0 Å². The molecule has 0 bridgehead atoms. The minimum atomic E-state index is 0.208. The largest absolute Gasteiger partial charge is 0.385 e. The molecular weight excluding hydrogens is 226 g/mol. The van der Waals surface area contributed by atoms with E-state index in [0.717, 1.165) is 25.4 Å². The quantitative estimate of drug-likeness (QED) is 0.414. The van der Waals surface area contributed by atoms with Gasteiger partial charge in [-0.15, -0.1) is 0 Å². The lowest BCUT2D eigenvalue weighted by molar-refractivity contribution is 0.0311. The van der Waals surface area contributed by atoms with Crippen LogP contribution < -0.4 is 11.3 Å². The first-order valence-electron chi connectivity index (χ1n) is 7.19. The van der Waals surface area contributed by atoms with E-state index in [0.29, 0.717) is 6.04 Å². The maximum absolute atomic E-state index is 5.84. The highest BCUT2D eigenvalue weighted by Gasteiger charge is 2.42.